The molecule has 4 rings (SSSR count). The molecule has 2 amide bonds. The van der Waals surface area contributed by atoms with Gasteiger partial charge in [-0.2, -0.15) is 0 Å². The van der Waals surface area contributed by atoms with E-state index in [1.165, 1.54) is 22.9 Å². The molecule has 0 unspecified atom stereocenters. The largest absolute Gasteiger partial charge is 0.349 e. The summed E-state index contributed by atoms with van der Waals surface area (Å²) in [5, 5.41) is 5.65. The first-order valence-electron chi connectivity index (χ1n) is 8.64. The van der Waals surface area contributed by atoms with Gasteiger partial charge < -0.3 is 10.6 Å². The molecule has 1 aliphatic heterocycles. The Balaban J connectivity index is 1.43. The highest BCUT2D eigenvalue weighted by molar-refractivity contribution is 8.01. The summed E-state index contributed by atoms with van der Waals surface area (Å²) in [7, 11) is 0. The quantitative estimate of drug-likeness (QED) is 0.886. The topological polar surface area (TPSA) is 58.2 Å². The zero-order valence-corrected chi connectivity index (χ0v) is 14.6. The lowest BCUT2D eigenvalue weighted by Gasteiger charge is -2.28. The number of hydrogen-bond donors (Lipinski definition) is 2. The number of amides is 2. The van der Waals surface area contributed by atoms with Gasteiger partial charge in [-0.05, 0) is 42.5 Å². The summed E-state index contributed by atoms with van der Waals surface area (Å²) in [5.74, 6) is -0.156. The van der Waals surface area contributed by atoms with E-state index in [2.05, 4.69) is 22.8 Å². The van der Waals surface area contributed by atoms with Gasteiger partial charge in [0.05, 0.1) is 17.0 Å². The fourth-order valence-corrected chi connectivity index (χ4v) is 4.66. The molecule has 25 heavy (non-hydrogen) atoms. The van der Waals surface area contributed by atoms with Crippen LogP contribution >= 0.6 is 11.8 Å². The van der Waals surface area contributed by atoms with Crippen molar-refractivity contribution in [3.63, 3.8) is 0 Å². The number of benzene rings is 2. The molecule has 128 valence electrons. The standard InChI is InChI=1S/C20H20N2O2S/c23-19(21-15-10-5-7-13-6-1-2-8-14(13)15)12-18-20(24)22-16-9-3-4-11-17(16)25-18/h1-4,6,8-9,11,15,18H,5,7,10,12H2,(H,21,23)(H,22,24)/t15-,18+/m0/s1. The normalized spacial score (nSPS) is 21.7. The van der Waals surface area contributed by atoms with Crippen molar-refractivity contribution in [2.45, 2.75) is 41.9 Å². The van der Waals surface area contributed by atoms with Crippen LogP contribution in [0.2, 0.25) is 0 Å². The van der Waals surface area contributed by atoms with Gasteiger partial charge in [0.15, 0.2) is 0 Å². The lowest BCUT2D eigenvalue weighted by Crippen LogP contribution is -2.37. The summed E-state index contributed by atoms with van der Waals surface area (Å²) in [6.45, 7) is 0. The van der Waals surface area contributed by atoms with E-state index in [4.69, 9.17) is 0 Å². The molecule has 1 heterocycles. The second kappa shape index (κ2) is 6.92. The lowest BCUT2D eigenvalue weighted by atomic mass is 9.87. The van der Waals surface area contributed by atoms with E-state index in [1.807, 2.05) is 36.4 Å². The van der Waals surface area contributed by atoms with E-state index in [0.29, 0.717) is 0 Å². The summed E-state index contributed by atoms with van der Waals surface area (Å²) < 4.78 is 0. The molecular weight excluding hydrogens is 332 g/mol. The Kier molecular flexibility index (Phi) is 4.49. The van der Waals surface area contributed by atoms with E-state index in [0.717, 1.165) is 29.8 Å². The molecule has 2 atom stereocenters. The van der Waals surface area contributed by atoms with Crippen LogP contribution in [0, 0.1) is 0 Å². The van der Waals surface area contributed by atoms with Gasteiger partial charge in [-0.15, -0.1) is 11.8 Å². The molecule has 0 saturated heterocycles. The monoisotopic (exact) mass is 352 g/mol. The van der Waals surface area contributed by atoms with Crippen LogP contribution in [-0.2, 0) is 16.0 Å². The van der Waals surface area contributed by atoms with Crippen molar-refractivity contribution in [1.29, 1.82) is 0 Å². The average molecular weight is 352 g/mol. The molecule has 2 N–H and O–H groups in total. The second-order valence-corrected chi connectivity index (χ2v) is 7.75. The van der Waals surface area contributed by atoms with Gasteiger partial charge in [0.1, 0.15) is 0 Å². The number of rotatable bonds is 3. The third kappa shape index (κ3) is 3.42. The minimum Gasteiger partial charge on any atom is -0.349 e. The Hall–Kier alpha value is -2.27. The molecular formula is C20H20N2O2S. The first-order chi connectivity index (χ1) is 12.2. The number of nitrogens with one attached hydrogen (secondary N) is 2. The highest BCUT2D eigenvalue weighted by Crippen LogP contribution is 2.37. The maximum Gasteiger partial charge on any atom is 0.238 e. The van der Waals surface area contributed by atoms with Crippen molar-refractivity contribution in [3.05, 3.63) is 59.7 Å². The number of carbonyl (C=O) groups is 2. The fourth-order valence-electron chi connectivity index (χ4n) is 3.55. The molecule has 0 bridgehead atoms. The lowest BCUT2D eigenvalue weighted by molar-refractivity contribution is -0.124. The third-order valence-electron chi connectivity index (χ3n) is 4.78. The van der Waals surface area contributed by atoms with Gasteiger partial charge >= 0.3 is 0 Å². The molecule has 0 spiro atoms. The van der Waals surface area contributed by atoms with Crippen LogP contribution in [0.1, 0.15) is 36.4 Å². The van der Waals surface area contributed by atoms with E-state index < -0.39 is 0 Å². The number of para-hydroxylation sites is 1. The number of hydrogen-bond acceptors (Lipinski definition) is 3. The first kappa shape index (κ1) is 16.2. The smallest absolute Gasteiger partial charge is 0.238 e. The molecule has 0 aromatic heterocycles. The van der Waals surface area contributed by atoms with E-state index in [1.54, 1.807) is 0 Å². The van der Waals surface area contributed by atoms with E-state index in [9.17, 15) is 9.59 Å². The van der Waals surface area contributed by atoms with Crippen LogP contribution in [-0.4, -0.2) is 17.1 Å². The SMILES string of the molecule is O=C(C[C@H]1Sc2ccccc2NC1=O)N[C@H]1CCCc2ccccc21. The molecule has 2 aromatic rings. The Labute approximate surface area is 151 Å². The molecule has 0 fully saturated rings. The number of aryl methyl sites for hydroxylation is 1. The van der Waals surface area contributed by atoms with Gasteiger partial charge in [0.25, 0.3) is 0 Å². The Morgan fingerprint density at radius 1 is 1.16 bits per heavy atom. The van der Waals surface area contributed by atoms with Crippen LogP contribution in [0.25, 0.3) is 0 Å². The highest BCUT2D eigenvalue weighted by Gasteiger charge is 2.30. The van der Waals surface area contributed by atoms with Crippen molar-refractivity contribution in [1.82, 2.24) is 5.32 Å². The Bertz CT molecular complexity index is 821. The number of thioether (sulfide) groups is 1. The zero-order valence-electron chi connectivity index (χ0n) is 13.8. The second-order valence-electron chi connectivity index (χ2n) is 6.51. The molecule has 0 radical (unpaired) electrons. The maximum atomic E-state index is 12.5. The Morgan fingerprint density at radius 2 is 1.96 bits per heavy atom. The predicted octanol–water partition coefficient (Wildman–Crippen LogP) is 3.68. The van der Waals surface area contributed by atoms with Crippen molar-refractivity contribution < 1.29 is 9.59 Å². The van der Waals surface area contributed by atoms with Crippen LogP contribution in [0.4, 0.5) is 5.69 Å². The molecule has 5 heteroatoms. The van der Waals surface area contributed by atoms with Crippen LogP contribution in [0.3, 0.4) is 0 Å². The van der Waals surface area contributed by atoms with Gasteiger partial charge in [-0.3, -0.25) is 9.59 Å². The van der Waals surface area contributed by atoms with Gasteiger partial charge in [0, 0.05) is 11.3 Å². The Morgan fingerprint density at radius 3 is 2.88 bits per heavy atom. The highest BCUT2D eigenvalue weighted by atomic mass is 32.2. The summed E-state index contributed by atoms with van der Waals surface area (Å²) >= 11 is 1.47. The number of carbonyl (C=O) groups excluding carboxylic acids is 2. The molecule has 4 nitrogen and oxygen atoms in total. The third-order valence-corrected chi connectivity index (χ3v) is 6.06. The van der Waals surface area contributed by atoms with Gasteiger partial charge in [0.2, 0.25) is 11.8 Å². The van der Waals surface area contributed by atoms with Crippen molar-refractivity contribution in [2.24, 2.45) is 0 Å². The van der Waals surface area contributed by atoms with E-state index in [-0.39, 0.29) is 29.5 Å². The van der Waals surface area contributed by atoms with Crippen LogP contribution in [0.15, 0.2) is 53.4 Å². The summed E-state index contributed by atoms with van der Waals surface area (Å²) in [6.07, 6.45) is 3.30. The van der Waals surface area contributed by atoms with Crippen LogP contribution < -0.4 is 10.6 Å². The predicted molar refractivity (Wildman–Crippen MR) is 99.6 cm³/mol. The summed E-state index contributed by atoms with van der Waals surface area (Å²) in [5.41, 5.74) is 3.36. The average Bonchev–Trinajstić information content (AvgIpc) is 2.63. The van der Waals surface area contributed by atoms with Gasteiger partial charge in [-0.1, -0.05) is 36.4 Å². The first-order valence-corrected chi connectivity index (χ1v) is 9.52. The fraction of sp³-hybridized carbons (Fsp3) is 0.300. The number of fused-ring (bicyclic) bond motifs is 2. The summed E-state index contributed by atoms with van der Waals surface area (Å²) in [6, 6.07) is 16.0. The molecule has 2 aliphatic rings. The van der Waals surface area contributed by atoms with Crippen molar-refractivity contribution >= 4 is 29.3 Å². The minimum absolute atomic E-state index is 0.0568. The van der Waals surface area contributed by atoms with E-state index >= 15 is 0 Å². The molecule has 2 aromatic carbocycles. The minimum atomic E-state index is -0.381. The maximum absolute atomic E-state index is 12.5. The van der Waals surface area contributed by atoms with Crippen molar-refractivity contribution in [2.75, 3.05) is 5.32 Å². The zero-order chi connectivity index (χ0) is 17.2. The summed E-state index contributed by atoms with van der Waals surface area (Å²) in [4.78, 5) is 25.8. The molecule has 0 saturated carbocycles. The van der Waals surface area contributed by atoms with Gasteiger partial charge in [-0.25, -0.2) is 0 Å². The van der Waals surface area contributed by atoms with Crippen LogP contribution in [0.5, 0.6) is 0 Å². The molecule has 1 aliphatic carbocycles. The van der Waals surface area contributed by atoms with Crippen molar-refractivity contribution in [3.8, 4) is 0 Å². The number of anilines is 1.